The Morgan fingerprint density at radius 3 is 2.70 bits per heavy atom. The number of aliphatic hydroxyl groups is 1. The normalized spacial score (nSPS) is 42.1. The zero-order valence-electron chi connectivity index (χ0n) is 12.6. The van der Waals surface area contributed by atoms with Crippen LogP contribution < -0.4 is 0 Å². The third kappa shape index (κ3) is 2.74. The third-order valence-electron chi connectivity index (χ3n) is 5.29. The van der Waals surface area contributed by atoms with E-state index in [9.17, 15) is 5.11 Å². The van der Waals surface area contributed by atoms with E-state index in [1.807, 2.05) is 0 Å². The van der Waals surface area contributed by atoms with Crippen LogP contribution >= 0.6 is 0 Å². The van der Waals surface area contributed by atoms with E-state index >= 15 is 0 Å². The summed E-state index contributed by atoms with van der Waals surface area (Å²) in [5.74, 6) is 0.153. The Morgan fingerprint density at radius 1 is 1.25 bits per heavy atom. The molecule has 3 aliphatic rings. The fraction of sp³-hybridized carbons (Fsp3) is 1.00. The molecule has 0 bridgehead atoms. The molecule has 4 atom stereocenters. The van der Waals surface area contributed by atoms with Gasteiger partial charge in [-0.25, -0.2) is 0 Å². The van der Waals surface area contributed by atoms with E-state index in [0.29, 0.717) is 19.1 Å². The molecular weight excluding hydrogens is 258 g/mol. The highest BCUT2D eigenvalue weighted by Gasteiger charge is 2.47. The number of piperidine rings is 1. The minimum absolute atomic E-state index is 0.131. The number of aliphatic hydroxyl groups excluding tert-OH is 1. The lowest BCUT2D eigenvalue weighted by molar-refractivity contribution is -0.208. The van der Waals surface area contributed by atoms with Crippen LogP contribution in [0.5, 0.6) is 0 Å². The molecule has 0 aromatic heterocycles. The molecule has 3 fully saturated rings. The molecule has 0 aromatic carbocycles. The minimum Gasteiger partial charge on any atom is -0.391 e. The maximum Gasteiger partial charge on any atom is 0.170 e. The monoisotopic (exact) mass is 285 g/mol. The number of hydrogen-bond acceptors (Lipinski definition) is 5. The molecule has 4 unspecified atom stereocenters. The summed E-state index contributed by atoms with van der Waals surface area (Å²) in [6.07, 6.45) is 3.45. The Kier molecular flexibility index (Phi) is 4.34. The van der Waals surface area contributed by atoms with Gasteiger partial charge in [0, 0.05) is 32.5 Å². The highest BCUT2D eigenvalue weighted by atomic mass is 16.7. The summed E-state index contributed by atoms with van der Waals surface area (Å²) in [4.78, 5) is 2.38. The van der Waals surface area contributed by atoms with Gasteiger partial charge in [-0.3, -0.25) is 4.90 Å². The van der Waals surface area contributed by atoms with Crippen LogP contribution in [0.3, 0.4) is 0 Å². The molecule has 1 N–H and O–H groups in total. The van der Waals surface area contributed by atoms with Gasteiger partial charge in [0.1, 0.15) is 0 Å². The Bertz CT molecular complexity index is 332. The van der Waals surface area contributed by atoms with Crippen LogP contribution in [-0.2, 0) is 14.2 Å². The van der Waals surface area contributed by atoms with Crippen molar-refractivity contribution in [3.8, 4) is 0 Å². The fourth-order valence-corrected chi connectivity index (χ4v) is 3.91. The molecule has 5 nitrogen and oxygen atoms in total. The predicted molar refractivity (Wildman–Crippen MR) is 74.4 cm³/mol. The van der Waals surface area contributed by atoms with Crippen LogP contribution in [0.25, 0.3) is 0 Å². The number of ether oxygens (including phenoxy) is 3. The molecule has 20 heavy (non-hydrogen) atoms. The van der Waals surface area contributed by atoms with Crippen molar-refractivity contribution in [1.82, 2.24) is 4.90 Å². The first-order chi connectivity index (χ1) is 9.63. The summed E-state index contributed by atoms with van der Waals surface area (Å²) in [5.41, 5.74) is 0. The fourth-order valence-electron chi connectivity index (χ4n) is 3.91. The summed E-state index contributed by atoms with van der Waals surface area (Å²) in [5, 5.41) is 10.4. The van der Waals surface area contributed by atoms with E-state index in [1.165, 1.54) is 0 Å². The van der Waals surface area contributed by atoms with Gasteiger partial charge in [0.25, 0.3) is 0 Å². The minimum atomic E-state index is -0.435. The van der Waals surface area contributed by atoms with E-state index in [-0.39, 0.29) is 18.2 Å². The van der Waals surface area contributed by atoms with Gasteiger partial charge in [-0.2, -0.15) is 0 Å². The Labute approximate surface area is 121 Å². The second-order valence-corrected chi connectivity index (χ2v) is 6.52. The summed E-state index contributed by atoms with van der Waals surface area (Å²) in [6.45, 7) is 5.53. The number of hydrogen-bond donors (Lipinski definition) is 1. The van der Waals surface area contributed by atoms with Crippen LogP contribution in [0, 0.1) is 5.92 Å². The van der Waals surface area contributed by atoms with E-state index in [4.69, 9.17) is 14.2 Å². The lowest BCUT2D eigenvalue weighted by Gasteiger charge is -2.47. The first-order valence-corrected chi connectivity index (χ1v) is 7.86. The molecule has 2 heterocycles. The van der Waals surface area contributed by atoms with E-state index < -0.39 is 5.79 Å². The van der Waals surface area contributed by atoms with E-state index in [2.05, 4.69) is 11.8 Å². The summed E-state index contributed by atoms with van der Waals surface area (Å²) in [6, 6.07) is 0.131. The van der Waals surface area contributed by atoms with E-state index in [1.54, 1.807) is 7.11 Å². The highest BCUT2D eigenvalue weighted by Crippen LogP contribution is 2.39. The van der Waals surface area contributed by atoms with Crippen molar-refractivity contribution >= 4 is 0 Å². The smallest absolute Gasteiger partial charge is 0.170 e. The van der Waals surface area contributed by atoms with Crippen LogP contribution in [-0.4, -0.2) is 67.5 Å². The number of rotatable bonds is 2. The maximum absolute atomic E-state index is 10.4. The zero-order valence-corrected chi connectivity index (χ0v) is 12.6. The number of methoxy groups -OCH3 is 1. The largest absolute Gasteiger partial charge is 0.391 e. The van der Waals surface area contributed by atoms with Gasteiger partial charge in [0.2, 0.25) is 0 Å². The lowest BCUT2D eigenvalue weighted by Crippen LogP contribution is -2.57. The quantitative estimate of drug-likeness (QED) is 0.820. The lowest BCUT2D eigenvalue weighted by atomic mass is 9.84. The standard InChI is InChI=1S/C15H27NO4/c1-11-4-6-16(10-14(11)18-2)12-9-15(5-3-13(12)17)19-7-8-20-15/h11-14,17H,3-10H2,1-2H3. The molecule has 1 spiro atoms. The van der Waals surface area contributed by atoms with Crippen molar-refractivity contribution < 1.29 is 19.3 Å². The molecule has 0 aromatic rings. The van der Waals surface area contributed by atoms with Gasteiger partial charge in [0.05, 0.1) is 25.4 Å². The highest BCUT2D eigenvalue weighted by molar-refractivity contribution is 4.95. The molecule has 1 aliphatic carbocycles. The molecular formula is C15H27NO4. The molecule has 3 rings (SSSR count). The van der Waals surface area contributed by atoms with Gasteiger partial charge in [-0.15, -0.1) is 0 Å². The molecule has 116 valence electrons. The number of nitrogens with zero attached hydrogens (tertiary/aromatic N) is 1. The summed E-state index contributed by atoms with van der Waals surface area (Å²) in [7, 11) is 1.78. The average Bonchev–Trinajstić information content (AvgIpc) is 2.91. The summed E-state index contributed by atoms with van der Waals surface area (Å²) >= 11 is 0. The second-order valence-electron chi connectivity index (χ2n) is 6.52. The predicted octanol–water partition coefficient (Wildman–Crippen LogP) is 1.000. The molecule has 1 saturated carbocycles. The maximum atomic E-state index is 10.4. The molecule has 2 aliphatic heterocycles. The molecule has 5 heteroatoms. The van der Waals surface area contributed by atoms with Crippen molar-refractivity contribution in [2.45, 2.75) is 56.6 Å². The van der Waals surface area contributed by atoms with Crippen LogP contribution in [0.1, 0.15) is 32.6 Å². The SMILES string of the molecule is COC1CN(C2CC3(CCC2O)OCCO3)CCC1C. The topological polar surface area (TPSA) is 51.2 Å². The van der Waals surface area contributed by atoms with Gasteiger partial charge in [0.15, 0.2) is 5.79 Å². The van der Waals surface area contributed by atoms with Crippen LogP contribution in [0.4, 0.5) is 0 Å². The summed E-state index contributed by atoms with van der Waals surface area (Å²) < 4.78 is 17.3. The Hall–Kier alpha value is -0.200. The first-order valence-electron chi connectivity index (χ1n) is 7.86. The molecule has 0 radical (unpaired) electrons. The van der Waals surface area contributed by atoms with Gasteiger partial charge < -0.3 is 19.3 Å². The van der Waals surface area contributed by atoms with Gasteiger partial charge in [-0.1, -0.05) is 6.92 Å². The van der Waals surface area contributed by atoms with Crippen molar-refractivity contribution in [2.24, 2.45) is 5.92 Å². The van der Waals surface area contributed by atoms with Gasteiger partial charge in [-0.05, 0) is 25.3 Å². The van der Waals surface area contributed by atoms with Crippen LogP contribution in [0.15, 0.2) is 0 Å². The number of likely N-dealkylation sites (tertiary alicyclic amines) is 1. The van der Waals surface area contributed by atoms with E-state index in [0.717, 1.165) is 38.8 Å². The van der Waals surface area contributed by atoms with Crippen molar-refractivity contribution in [3.05, 3.63) is 0 Å². The van der Waals surface area contributed by atoms with Crippen LogP contribution in [0.2, 0.25) is 0 Å². The first kappa shape index (κ1) is 14.7. The molecule has 0 amide bonds. The van der Waals surface area contributed by atoms with Crippen molar-refractivity contribution in [2.75, 3.05) is 33.4 Å². The Morgan fingerprint density at radius 2 is 2.00 bits per heavy atom. The molecule has 2 saturated heterocycles. The van der Waals surface area contributed by atoms with Crippen molar-refractivity contribution in [3.63, 3.8) is 0 Å². The van der Waals surface area contributed by atoms with Gasteiger partial charge >= 0.3 is 0 Å². The third-order valence-corrected chi connectivity index (χ3v) is 5.29. The zero-order chi connectivity index (χ0) is 14.2. The second kappa shape index (κ2) is 5.89. The Balaban J connectivity index is 1.68. The van der Waals surface area contributed by atoms with Crippen molar-refractivity contribution in [1.29, 1.82) is 0 Å². The average molecular weight is 285 g/mol.